The third kappa shape index (κ3) is 4.85. The minimum Gasteiger partial charge on any atom is -0.332 e. The molecule has 1 heterocycles. The molecule has 0 spiro atoms. The van der Waals surface area contributed by atoms with Crippen LogP contribution in [0.2, 0.25) is 10.0 Å². The highest BCUT2D eigenvalue weighted by atomic mass is 35.5. The molecule has 4 nitrogen and oxygen atoms in total. The summed E-state index contributed by atoms with van der Waals surface area (Å²) in [5.41, 5.74) is 7.03. The summed E-state index contributed by atoms with van der Waals surface area (Å²) in [7, 11) is 0. The molecule has 3 aromatic rings. The number of rotatable bonds is 4. The highest BCUT2D eigenvalue weighted by Gasteiger charge is 2.14. The molecule has 0 saturated heterocycles. The zero-order valence-corrected chi connectivity index (χ0v) is 18.6. The molecule has 3 rings (SSSR count). The zero-order valence-electron chi connectivity index (χ0n) is 16.2. The minimum absolute atomic E-state index is 0.528. The van der Waals surface area contributed by atoms with Gasteiger partial charge in [0.15, 0.2) is 5.11 Å². The van der Waals surface area contributed by atoms with E-state index in [1.165, 1.54) is 11.1 Å². The van der Waals surface area contributed by atoms with Crippen molar-refractivity contribution in [3.8, 4) is 0 Å². The van der Waals surface area contributed by atoms with Crippen molar-refractivity contribution in [2.24, 2.45) is 0 Å². The molecular formula is C21H22Cl2N4S. The molecule has 2 N–H and O–H groups in total. The standard InChI is InChI=1S/C21H22Cl2N4S/c1-12-7-13(2)9-18(8-12)24-21(28)25-20-14(3)26-27(15(20)4)11-16-5-6-17(22)10-19(16)23/h5-10H,11H2,1-4H3,(H2,24,25,28). The van der Waals surface area contributed by atoms with E-state index in [9.17, 15) is 0 Å². The van der Waals surface area contributed by atoms with E-state index in [1.807, 2.05) is 30.7 Å². The van der Waals surface area contributed by atoms with Gasteiger partial charge in [-0.05, 0) is 80.9 Å². The third-order valence-electron chi connectivity index (χ3n) is 4.43. The third-order valence-corrected chi connectivity index (χ3v) is 5.23. The molecule has 146 valence electrons. The maximum Gasteiger partial charge on any atom is 0.175 e. The first-order chi connectivity index (χ1) is 13.2. The fourth-order valence-electron chi connectivity index (χ4n) is 3.17. The zero-order chi connectivity index (χ0) is 20.4. The van der Waals surface area contributed by atoms with Crippen LogP contribution in [-0.4, -0.2) is 14.9 Å². The molecule has 7 heteroatoms. The van der Waals surface area contributed by atoms with E-state index in [2.05, 4.69) is 47.8 Å². The van der Waals surface area contributed by atoms with Gasteiger partial charge in [0.25, 0.3) is 0 Å². The summed E-state index contributed by atoms with van der Waals surface area (Å²) >= 11 is 17.8. The second-order valence-electron chi connectivity index (χ2n) is 6.89. The smallest absolute Gasteiger partial charge is 0.175 e. The predicted molar refractivity (Wildman–Crippen MR) is 123 cm³/mol. The number of hydrogen-bond donors (Lipinski definition) is 2. The van der Waals surface area contributed by atoms with Gasteiger partial charge in [0.1, 0.15) is 0 Å². The van der Waals surface area contributed by atoms with Gasteiger partial charge in [0.05, 0.1) is 23.6 Å². The lowest BCUT2D eigenvalue weighted by Gasteiger charge is -2.12. The number of hydrogen-bond acceptors (Lipinski definition) is 2. The average Bonchev–Trinajstić information content (AvgIpc) is 2.84. The Morgan fingerprint density at radius 1 is 1.00 bits per heavy atom. The molecule has 0 saturated carbocycles. The summed E-state index contributed by atoms with van der Waals surface area (Å²) < 4.78 is 1.91. The van der Waals surface area contributed by atoms with Crippen LogP contribution in [0.1, 0.15) is 28.1 Å². The van der Waals surface area contributed by atoms with E-state index in [0.717, 1.165) is 28.3 Å². The molecule has 0 radical (unpaired) electrons. The first-order valence-corrected chi connectivity index (χ1v) is 10.0. The molecular weight excluding hydrogens is 411 g/mol. The number of benzene rings is 2. The summed E-state index contributed by atoms with van der Waals surface area (Å²) in [4.78, 5) is 0. The fraction of sp³-hybridized carbons (Fsp3) is 0.238. The van der Waals surface area contributed by atoms with Crippen LogP contribution >= 0.6 is 35.4 Å². The Hall–Kier alpha value is -2.08. The van der Waals surface area contributed by atoms with Crippen LogP contribution in [0, 0.1) is 27.7 Å². The van der Waals surface area contributed by atoms with Gasteiger partial charge < -0.3 is 10.6 Å². The highest BCUT2D eigenvalue weighted by molar-refractivity contribution is 7.80. The second kappa shape index (κ2) is 8.52. The molecule has 0 amide bonds. The van der Waals surface area contributed by atoms with Gasteiger partial charge in [0, 0.05) is 15.7 Å². The van der Waals surface area contributed by atoms with Gasteiger partial charge in [-0.1, -0.05) is 35.3 Å². The van der Waals surface area contributed by atoms with Crippen molar-refractivity contribution in [3.63, 3.8) is 0 Å². The van der Waals surface area contributed by atoms with Crippen molar-refractivity contribution in [1.29, 1.82) is 0 Å². The molecule has 1 aromatic heterocycles. The van der Waals surface area contributed by atoms with Crippen molar-refractivity contribution in [2.45, 2.75) is 34.2 Å². The Morgan fingerprint density at radius 2 is 1.68 bits per heavy atom. The molecule has 0 aliphatic heterocycles. The van der Waals surface area contributed by atoms with E-state index in [4.69, 9.17) is 35.4 Å². The molecule has 2 aromatic carbocycles. The number of nitrogens with one attached hydrogen (secondary N) is 2. The molecule has 0 aliphatic carbocycles. The number of aryl methyl sites for hydroxylation is 3. The molecule has 0 bridgehead atoms. The summed E-state index contributed by atoms with van der Waals surface area (Å²) in [6, 6.07) is 11.7. The second-order valence-corrected chi connectivity index (χ2v) is 8.15. The maximum absolute atomic E-state index is 6.31. The van der Waals surface area contributed by atoms with Crippen molar-refractivity contribution < 1.29 is 0 Å². The van der Waals surface area contributed by atoms with E-state index in [-0.39, 0.29) is 0 Å². The topological polar surface area (TPSA) is 41.9 Å². The van der Waals surface area contributed by atoms with Crippen molar-refractivity contribution in [2.75, 3.05) is 10.6 Å². The normalized spacial score (nSPS) is 10.8. The summed E-state index contributed by atoms with van der Waals surface area (Å²) in [6.07, 6.45) is 0. The van der Waals surface area contributed by atoms with Gasteiger partial charge in [-0.3, -0.25) is 4.68 Å². The van der Waals surface area contributed by atoms with Crippen LogP contribution < -0.4 is 10.6 Å². The first-order valence-electron chi connectivity index (χ1n) is 8.87. The van der Waals surface area contributed by atoms with Crippen molar-refractivity contribution in [3.05, 3.63) is 74.5 Å². The van der Waals surface area contributed by atoms with Gasteiger partial charge in [-0.25, -0.2) is 0 Å². The van der Waals surface area contributed by atoms with Gasteiger partial charge in [0.2, 0.25) is 0 Å². The Bertz CT molecular complexity index is 1020. The highest BCUT2D eigenvalue weighted by Crippen LogP contribution is 2.25. The Kier molecular flexibility index (Phi) is 6.28. The van der Waals surface area contributed by atoms with Gasteiger partial charge >= 0.3 is 0 Å². The van der Waals surface area contributed by atoms with Gasteiger partial charge in [-0.2, -0.15) is 5.10 Å². The van der Waals surface area contributed by atoms with Crippen LogP contribution in [0.15, 0.2) is 36.4 Å². The largest absolute Gasteiger partial charge is 0.332 e. The van der Waals surface area contributed by atoms with Gasteiger partial charge in [-0.15, -0.1) is 0 Å². The number of anilines is 2. The monoisotopic (exact) mass is 432 g/mol. The Labute approximate surface area is 180 Å². The van der Waals surface area contributed by atoms with Crippen LogP contribution in [-0.2, 0) is 6.54 Å². The lowest BCUT2D eigenvalue weighted by atomic mass is 10.1. The van der Waals surface area contributed by atoms with Crippen LogP contribution in [0.5, 0.6) is 0 Å². The van der Waals surface area contributed by atoms with E-state index in [1.54, 1.807) is 6.07 Å². The van der Waals surface area contributed by atoms with Crippen LogP contribution in [0.25, 0.3) is 0 Å². The number of aromatic nitrogens is 2. The van der Waals surface area contributed by atoms with Crippen molar-refractivity contribution in [1.82, 2.24) is 9.78 Å². The fourth-order valence-corrected chi connectivity index (χ4v) is 3.85. The first kappa shape index (κ1) is 20.6. The maximum atomic E-state index is 6.31. The molecule has 0 atom stereocenters. The van der Waals surface area contributed by atoms with Crippen LogP contribution in [0.4, 0.5) is 11.4 Å². The number of thiocarbonyl (C=S) groups is 1. The molecule has 0 aliphatic rings. The number of halogens is 2. The summed E-state index contributed by atoms with van der Waals surface area (Å²) in [5, 5.41) is 12.9. The number of nitrogens with zero attached hydrogens (tertiary/aromatic N) is 2. The SMILES string of the molecule is Cc1cc(C)cc(NC(=S)Nc2c(C)nn(Cc3ccc(Cl)cc3Cl)c2C)c1. The predicted octanol–water partition coefficient (Wildman–Crippen LogP) is 6.28. The molecule has 0 fully saturated rings. The van der Waals surface area contributed by atoms with Crippen molar-refractivity contribution >= 4 is 51.9 Å². The van der Waals surface area contributed by atoms with E-state index in [0.29, 0.717) is 21.7 Å². The lowest BCUT2D eigenvalue weighted by molar-refractivity contribution is 0.659. The molecule has 0 unspecified atom stereocenters. The minimum atomic E-state index is 0.528. The Balaban J connectivity index is 1.76. The summed E-state index contributed by atoms with van der Waals surface area (Å²) in [5.74, 6) is 0. The van der Waals surface area contributed by atoms with E-state index < -0.39 is 0 Å². The average molecular weight is 433 g/mol. The molecule has 28 heavy (non-hydrogen) atoms. The Morgan fingerprint density at radius 3 is 2.32 bits per heavy atom. The lowest BCUT2D eigenvalue weighted by Crippen LogP contribution is -2.20. The quantitative estimate of drug-likeness (QED) is 0.475. The van der Waals surface area contributed by atoms with E-state index >= 15 is 0 Å². The summed E-state index contributed by atoms with van der Waals surface area (Å²) in [6.45, 7) is 8.64. The van der Waals surface area contributed by atoms with Crippen LogP contribution in [0.3, 0.4) is 0 Å².